The molecule has 4 unspecified atom stereocenters. The highest BCUT2D eigenvalue weighted by molar-refractivity contribution is 7.90. The quantitative estimate of drug-likeness (QED) is 0.104. The standard InChI is InChI=1S/C31H36N2O9S/c1-4-33(3)25-20(13-34)31(41,29(39)24(27(25)37)30(32)40)28(38)22-16(2)19(15-43(42)14-17-9-6-5-7-10-17)18-11-8-12-21(35)23(18)26(22)36/h5-12,16,19-20,25,34-35,37-38,41H,4,13-15H2,1-3H3,(H2,32,40)/b28-22-/t16?,19?,20?,25-,31-,43?/m0/s1. The number of primary amides is 1. The van der Waals surface area contributed by atoms with E-state index in [4.69, 9.17) is 5.73 Å². The summed E-state index contributed by atoms with van der Waals surface area (Å²) in [6.07, 6.45) is 0. The summed E-state index contributed by atoms with van der Waals surface area (Å²) in [5.41, 5.74) is 1.95. The van der Waals surface area contributed by atoms with Crippen LogP contribution in [0, 0.1) is 11.8 Å². The molecule has 0 heterocycles. The average Bonchev–Trinajstić information content (AvgIpc) is 2.96. The number of aromatic hydroxyl groups is 1. The number of hydrogen-bond donors (Lipinski definition) is 6. The number of carbonyl (C=O) groups excluding carboxylic acids is 3. The third-order valence-corrected chi connectivity index (χ3v) is 9.99. The Bertz CT molecular complexity index is 1490. The Kier molecular flexibility index (Phi) is 9.38. The number of rotatable bonds is 9. The Balaban J connectivity index is 1.91. The number of likely N-dealkylation sites (N-methyl/N-ethyl adjacent to an activating group) is 1. The number of amides is 1. The fraction of sp³-hybridized carbons (Fsp3) is 0.387. The number of Topliss-reactive ketones (excluding diaryl/α,β-unsaturated/α-hetero) is 2. The number of carbonyl (C=O) groups is 3. The molecule has 7 N–H and O–H groups in total. The molecule has 6 atom stereocenters. The van der Waals surface area contributed by atoms with Crippen molar-refractivity contribution in [2.45, 2.75) is 37.2 Å². The number of fused-ring (bicyclic) bond motifs is 1. The Hall–Kier alpha value is -3.68. The van der Waals surface area contributed by atoms with E-state index in [2.05, 4.69) is 0 Å². The van der Waals surface area contributed by atoms with E-state index < -0.39 is 93.1 Å². The second kappa shape index (κ2) is 12.5. The first-order valence-electron chi connectivity index (χ1n) is 13.8. The van der Waals surface area contributed by atoms with Crippen molar-refractivity contribution in [2.24, 2.45) is 17.6 Å². The van der Waals surface area contributed by atoms with Gasteiger partial charge in [0.2, 0.25) is 5.78 Å². The number of phenols is 1. The molecule has 12 heteroatoms. The lowest BCUT2D eigenvalue weighted by Gasteiger charge is -2.46. The van der Waals surface area contributed by atoms with Gasteiger partial charge in [-0.3, -0.25) is 19.3 Å². The molecule has 0 radical (unpaired) electrons. The summed E-state index contributed by atoms with van der Waals surface area (Å²) in [6.45, 7) is 2.53. The first-order valence-corrected chi connectivity index (χ1v) is 15.3. The number of aliphatic hydroxyl groups is 4. The Morgan fingerprint density at radius 3 is 2.35 bits per heavy atom. The molecule has 11 nitrogen and oxygen atoms in total. The van der Waals surface area contributed by atoms with Crippen molar-refractivity contribution in [1.29, 1.82) is 0 Å². The summed E-state index contributed by atoms with van der Waals surface area (Å²) in [6, 6.07) is 12.2. The van der Waals surface area contributed by atoms with Gasteiger partial charge in [-0.25, -0.2) is 0 Å². The minimum Gasteiger partial charge on any atom is -0.616 e. The van der Waals surface area contributed by atoms with E-state index >= 15 is 0 Å². The number of aliphatic hydroxyl groups excluding tert-OH is 3. The number of allylic oxidation sites excluding steroid dienone is 1. The summed E-state index contributed by atoms with van der Waals surface area (Å²) < 4.78 is 13.4. The normalized spacial score (nSPS) is 27.7. The van der Waals surface area contributed by atoms with Gasteiger partial charge in [0.15, 0.2) is 11.4 Å². The molecule has 0 fully saturated rings. The lowest BCUT2D eigenvalue weighted by atomic mass is 9.65. The van der Waals surface area contributed by atoms with E-state index in [0.717, 1.165) is 5.56 Å². The van der Waals surface area contributed by atoms with Crippen molar-refractivity contribution < 1.29 is 44.5 Å². The number of nitrogens with zero attached hydrogens (tertiary/aromatic N) is 1. The van der Waals surface area contributed by atoms with E-state index in [1.54, 1.807) is 19.9 Å². The molecular formula is C31H36N2O9S. The van der Waals surface area contributed by atoms with Crippen molar-refractivity contribution >= 4 is 28.6 Å². The second-order valence-electron chi connectivity index (χ2n) is 11.0. The third-order valence-electron chi connectivity index (χ3n) is 8.60. The van der Waals surface area contributed by atoms with E-state index in [-0.39, 0.29) is 23.6 Å². The average molecular weight is 613 g/mol. The van der Waals surface area contributed by atoms with Crippen LogP contribution in [-0.2, 0) is 26.5 Å². The highest BCUT2D eigenvalue weighted by atomic mass is 32.2. The van der Waals surface area contributed by atoms with E-state index in [1.165, 1.54) is 24.1 Å². The first kappa shape index (κ1) is 32.2. The summed E-state index contributed by atoms with van der Waals surface area (Å²) >= 11 is -1.48. The zero-order valence-electron chi connectivity index (χ0n) is 24.1. The molecule has 1 amide bonds. The monoisotopic (exact) mass is 612 g/mol. The van der Waals surface area contributed by atoms with Gasteiger partial charge in [0.05, 0.1) is 18.2 Å². The summed E-state index contributed by atoms with van der Waals surface area (Å²) in [5.74, 6) is -9.16. The number of benzene rings is 2. The van der Waals surface area contributed by atoms with Gasteiger partial charge in [0, 0.05) is 23.0 Å². The summed E-state index contributed by atoms with van der Waals surface area (Å²) in [4.78, 5) is 41.4. The minimum absolute atomic E-state index is 0.000796. The molecule has 4 rings (SSSR count). The predicted molar refractivity (Wildman–Crippen MR) is 159 cm³/mol. The van der Waals surface area contributed by atoms with Crippen LogP contribution in [0.15, 0.2) is 71.2 Å². The molecule has 230 valence electrons. The molecule has 2 aromatic rings. The van der Waals surface area contributed by atoms with Crippen molar-refractivity contribution in [3.05, 3.63) is 87.9 Å². The molecule has 43 heavy (non-hydrogen) atoms. The molecule has 2 aromatic carbocycles. The fourth-order valence-electron chi connectivity index (χ4n) is 6.22. The van der Waals surface area contributed by atoms with Gasteiger partial charge in [-0.15, -0.1) is 0 Å². The first-order chi connectivity index (χ1) is 20.3. The Labute approximate surface area is 252 Å². The Morgan fingerprint density at radius 2 is 1.77 bits per heavy atom. The van der Waals surface area contributed by atoms with E-state index in [9.17, 15) is 44.5 Å². The maximum atomic E-state index is 13.9. The van der Waals surface area contributed by atoms with Gasteiger partial charge >= 0.3 is 0 Å². The summed E-state index contributed by atoms with van der Waals surface area (Å²) in [7, 11) is 1.50. The molecule has 0 saturated carbocycles. The minimum atomic E-state index is -3.06. The van der Waals surface area contributed by atoms with Crippen molar-refractivity contribution in [2.75, 3.05) is 26.0 Å². The van der Waals surface area contributed by atoms with Crippen molar-refractivity contribution in [3.63, 3.8) is 0 Å². The van der Waals surface area contributed by atoms with E-state index in [1.807, 2.05) is 30.3 Å². The lowest BCUT2D eigenvalue weighted by Crippen LogP contribution is -2.63. The number of ketones is 2. The highest BCUT2D eigenvalue weighted by Crippen LogP contribution is 2.48. The van der Waals surface area contributed by atoms with Crippen LogP contribution in [0.5, 0.6) is 5.75 Å². The third kappa shape index (κ3) is 5.45. The molecule has 0 bridgehead atoms. The zero-order valence-corrected chi connectivity index (χ0v) is 24.9. The molecular weight excluding hydrogens is 576 g/mol. The highest BCUT2D eigenvalue weighted by Gasteiger charge is 2.60. The molecule has 2 aliphatic rings. The van der Waals surface area contributed by atoms with Crippen LogP contribution < -0.4 is 5.73 Å². The summed E-state index contributed by atoms with van der Waals surface area (Å²) in [5, 5.41) is 55.8. The maximum Gasteiger partial charge on any atom is 0.255 e. The van der Waals surface area contributed by atoms with Crippen LogP contribution in [0.25, 0.3) is 0 Å². The molecule has 0 aromatic heterocycles. The fourth-order valence-corrected chi connectivity index (χ4v) is 7.77. The zero-order chi connectivity index (χ0) is 31.8. The van der Waals surface area contributed by atoms with Crippen LogP contribution in [0.1, 0.15) is 41.3 Å². The van der Waals surface area contributed by atoms with Crippen molar-refractivity contribution in [3.8, 4) is 5.75 Å². The van der Waals surface area contributed by atoms with Crippen LogP contribution in [0.3, 0.4) is 0 Å². The van der Waals surface area contributed by atoms with Gasteiger partial charge in [0.1, 0.15) is 34.3 Å². The molecule has 0 saturated heterocycles. The van der Waals surface area contributed by atoms with Gasteiger partial charge in [-0.1, -0.05) is 56.3 Å². The lowest BCUT2D eigenvalue weighted by molar-refractivity contribution is -0.149. The number of phenolic OH excluding ortho intramolecular Hbond substituents is 1. The van der Waals surface area contributed by atoms with Crippen LogP contribution in [-0.4, -0.2) is 90.1 Å². The smallest absolute Gasteiger partial charge is 0.255 e. The largest absolute Gasteiger partial charge is 0.616 e. The maximum absolute atomic E-state index is 13.9. The van der Waals surface area contributed by atoms with Gasteiger partial charge in [-0.05, 0) is 42.3 Å². The topological polar surface area (TPSA) is 205 Å². The van der Waals surface area contributed by atoms with Crippen LogP contribution in [0.4, 0.5) is 0 Å². The second-order valence-corrected chi connectivity index (χ2v) is 12.5. The molecule has 0 aliphatic heterocycles. The van der Waals surface area contributed by atoms with Gasteiger partial charge < -0.3 is 35.8 Å². The Morgan fingerprint density at radius 1 is 1.12 bits per heavy atom. The van der Waals surface area contributed by atoms with Gasteiger partial charge in [-0.2, -0.15) is 0 Å². The van der Waals surface area contributed by atoms with Gasteiger partial charge in [0.25, 0.3) is 5.91 Å². The SMILES string of the molecule is CCN(C)[C@@H]1C(O)=C(C(N)=O)C(=O)[C@@](O)(/C(O)=C2/C(=O)c3c(O)cccc3C(C[S+]([O-])Cc3ccccc3)C2C)C1CO. The van der Waals surface area contributed by atoms with E-state index in [0.29, 0.717) is 5.56 Å². The number of hydrogen-bond acceptors (Lipinski definition) is 10. The molecule has 0 spiro atoms. The predicted octanol–water partition coefficient (Wildman–Crippen LogP) is 1.61. The van der Waals surface area contributed by atoms with Crippen LogP contribution >= 0.6 is 0 Å². The van der Waals surface area contributed by atoms with Crippen molar-refractivity contribution in [1.82, 2.24) is 4.90 Å². The number of nitrogens with two attached hydrogens (primary N) is 1. The van der Waals surface area contributed by atoms with Crippen LogP contribution in [0.2, 0.25) is 0 Å². The molecule has 2 aliphatic carbocycles.